The summed E-state index contributed by atoms with van der Waals surface area (Å²) in [7, 11) is -2.64. The van der Waals surface area contributed by atoms with Crippen LogP contribution in [-0.2, 0) is 9.30 Å². The van der Waals surface area contributed by atoms with Gasteiger partial charge in [0.2, 0.25) is 0 Å². The van der Waals surface area contributed by atoms with Gasteiger partial charge in [0.1, 0.15) is 24.5 Å². The molecule has 0 amide bonds. The average molecular weight is 443 g/mol. The molecule has 1 aliphatic rings. The number of pyridine rings is 1. The molecule has 0 atom stereocenters. The summed E-state index contributed by atoms with van der Waals surface area (Å²) in [6, 6.07) is 8.94. The number of halogens is 1. The molecule has 3 heterocycles. The second kappa shape index (κ2) is 7.30. The van der Waals surface area contributed by atoms with Crippen molar-refractivity contribution in [2.45, 2.75) is 6.10 Å². The third kappa shape index (κ3) is 3.45. The third-order valence-corrected chi connectivity index (χ3v) is 7.32. The highest BCUT2D eigenvalue weighted by atomic mass is 32.1. The standard InChI is InChI=1S/C21H19FN3O3PS/c1-29(2,26)18-7-13-14(25-15-3-4-19-21(20(15)22)24-11-30-19)5-6-23-16(13)8-17(18)28-12-9-27-10-12/h3-8,11-12H,9-10H2,1-2H3,(H,23,25). The highest BCUT2D eigenvalue weighted by Gasteiger charge is 2.26. The van der Waals surface area contributed by atoms with Gasteiger partial charge in [-0.25, -0.2) is 9.37 Å². The van der Waals surface area contributed by atoms with Gasteiger partial charge in [0.05, 0.1) is 39.9 Å². The van der Waals surface area contributed by atoms with Gasteiger partial charge in [0.15, 0.2) is 5.82 Å². The first-order valence-electron chi connectivity index (χ1n) is 9.41. The van der Waals surface area contributed by atoms with Crippen LogP contribution >= 0.6 is 18.5 Å². The number of rotatable bonds is 5. The number of hydrogen-bond donors (Lipinski definition) is 1. The van der Waals surface area contributed by atoms with E-state index in [4.69, 9.17) is 9.47 Å². The van der Waals surface area contributed by atoms with E-state index in [-0.39, 0.29) is 6.10 Å². The number of aromatic nitrogens is 2. The maximum Gasteiger partial charge on any atom is 0.173 e. The van der Waals surface area contributed by atoms with E-state index < -0.39 is 13.0 Å². The summed E-state index contributed by atoms with van der Waals surface area (Å²) in [6.45, 7) is 4.44. The highest BCUT2D eigenvalue weighted by Crippen LogP contribution is 2.41. The molecule has 9 heteroatoms. The van der Waals surface area contributed by atoms with Crippen LogP contribution in [0.3, 0.4) is 0 Å². The largest absolute Gasteiger partial charge is 0.485 e. The molecule has 1 aliphatic heterocycles. The molecule has 0 aliphatic carbocycles. The van der Waals surface area contributed by atoms with Gasteiger partial charge < -0.3 is 19.4 Å². The molecular formula is C21H19FN3O3PS. The van der Waals surface area contributed by atoms with E-state index in [9.17, 15) is 8.96 Å². The van der Waals surface area contributed by atoms with Crippen LogP contribution in [-0.4, -0.2) is 42.6 Å². The van der Waals surface area contributed by atoms with E-state index in [1.165, 1.54) is 11.3 Å². The summed E-state index contributed by atoms with van der Waals surface area (Å²) >= 11 is 1.39. The molecule has 0 unspecified atom stereocenters. The van der Waals surface area contributed by atoms with Gasteiger partial charge in [-0.3, -0.25) is 4.98 Å². The van der Waals surface area contributed by atoms with E-state index in [1.807, 2.05) is 12.1 Å². The lowest BCUT2D eigenvalue weighted by atomic mass is 10.1. The normalized spacial score (nSPS) is 14.8. The van der Waals surface area contributed by atoms with E-state index in [0.29, 0.717) is 46.7 Å². The van der Waals surface area contributed by atoms with Crippen LogP contribution < -0.4 is 15.4 Å². The Morgan fingerprint density at radius 2 is 2.03 bits per heavy atom. The Balaban J connectivity index is 1.61. The van der Waals surface area contributed by atoms with Crippen molar-refractivity contribution in [2.75, 3.05) is 31.9 Å². The topological polar surface area (TPSA) is 73.3 Å². The second-order valence-electron chi connectivity index (χ2n) is 7.57. The van der Waals surface area contributed by atoms with Crippen LogP contribution in [0.1, 0.15) is 0 Å². The molecule has 1 N–H and O–H groups in total. The zero-order valence-corrected chi connectivity index (χ0v) is 18.1. The molecular weight excluding hydrogens is 424 g/mol. The Kier molecular flexibility index (Phi) is 4.73. The smallest absolute Gasteiger partial charge is 0.173 e. The molecule has 0 radical (unpaired) electrons. The van der Waals surface area contributed by atoms with E-state index >= 15 is 0 Å². The third-order valence-electron chi connectivity index (χ3n) is 5.01. The Morgan fingerprint density at radius 1 is 1.20 bits per heavy atom. The molecule has 2 aromatic heterocycles. The fraction of sp³-hybridized carbons (Fsp3) is 0.238. The average Bonchev–Trinajstić information content (AvgIpc) is 3.15. The maximum atomic E-state index is 14.9. The molecule has 1 saturated heterocycles. The maximum absolute atomic E-state index is 14.9. The van der Waals surface area contributed by atoms with Crippen molar-refractivity contribution < 1.29 is 18.4 Å². The van der Waals surface area contributed by atoms with Crippen molar-refractivity contribution in [2.24, 2.45) is 0 Å². The number of nitrogens with zero attached hydrogens (tertiary/aromatic N) is 2. The first-order chi connectivity index (χ1) is 14.4. The fourth-order valence-electron chi connectivity index (χ4n) is 3.39. The number of anilines is 2. The van der Waals surface area contributed by atoms with Crippen molar-refractivity contribution in [1.29, 1.82) is 0 Å². The van der Waals surface area contributed by atoms with E-state index in [0.717, 1.165) is 10.1 Å². The summed E-state index contributed by atoms with van der Waals surface area (Å²) in [4.78, 5) is 8.55. The molecule has 154 valence electrons. The van der Waals surface area contributed by atoms with Crippen molar-refractivity contribution in [3.63, 3.8) is 0 Å². The van der Waals surface area contributed by atoms with E-state index in [2.05, 4.69) is 15.3 Å². The molecule has 4 aromatic rings. The monoisotopic (exact) mass is 443 g/mol. The van der Waals surface area contributed by atoms with Crippen LogP contribution in [0.15, 0.2) is 42.0 Å². The van der Waals surface area contributed by atoms with Gasteiger partial charge in [-0.05, 0) is 37.6 Å². The Labute approximate surface area is 176 Å². The number of benzene rings is 2. The van der Waals surface area contributed by atoms with Gasteiger partial charge in [0.25, 0.3) is 0 Å². The Hall–Kier alpha value is -2.54. The summed E-state index contributed by atoms with van der Waals surface area (Å²) in [6.07, 6.45) is 1.60. The number of fused-ring (bicyclic) bond motifs is 2. The number of ether oxygens (including phenoxy) is 2. The van der Waals surface area contributed by atoms with Crippen LogP contribution in [0.2, 0.25) is 0 Å². The summed E-state index contributed by atoms with van der Waals surface area (Å²) in [5, 5.41) is 4.53. The van der Waals surface area contributed by atoms with Crippen molar-refractivity contribution in [3.8, 4) is 5.75 Å². The second-order valence-corrected chi connectivity index (χ2v) is 11.6. The predicted molar refractivity (Wildman–Crippen MR) is 119 cm³/mol. The van der Waals surface area contributed by atoms with E-state index in [1.54, 1.807) is 43.2 Å². The molecule has 5 rings (SSSR count). The van der Waals surface area contributed by atoms with Crippen molar-refractivity contribution in [1.82, 2.24) is 9.97 Å². The zero-order valence-electron chi connectivity index (χ0n) is 16.4. The van der Waals surface area contributed by atoms with Gasteiger partial charge in [-0.2, -0.15) is 0 Å². The summed E-state index contributed by atoms with van der Waals surface area (Å²) in [5.41, 5.74) is 3.63. The molecule has 0 bridgehead atoms. The molecule has 6 nitrogen and oxygen atoms in total. The fourth-order valence-corrected chi connectivity index (χ4v) is 5.15. The zero-order chi connectivity index (χ0) is 20.9. The SMILES string of the molecule is CP(C)(=O)c1cc2c(Nc3ccc4scnc4c3F)ccnc2cc1OC1COC1. The molecule has 2 aromatic carbocycles. The first-order valence-corrected chi connectivity index (χ1v) is 12.9. The van der Waals surface area contributed by atoms with Crippen molar-refractivity contribution in [3.05, 3.63) is 47.9 Å². The lowest BCUT2D eigenvalue weighted by Crippen LogP contribution is -2.39. The first kappa shape index (κ1) is 19.4. The predicted octanol–water partition coefficient (Wildman–Crippen LogP) is 4.75. The van der Waals surface area contributed by atoms with Gasteiger partial charge in [-0.15, -0.1) is 11.3 Å². The lowest BCUT2D eigenvalue weighted by Gasteiger charge is -2.28. The summed E-state index contributed by atoms with van der Waals surface area (Å²) < 4.78 is 39.9. The molecule has 0 saturated carbocycles. The lowest BCUT2D eigenvalue weighted by molar-refractivity contribution is -0.0792. The molecule has 1 fully saturated rings. The molecule has 30 heavy (non-hydrogen) atoms. The van der Waals surface area contributed by atoms with Gasteiger partial charge in [-0.1, -0.05) is 0 Å². The quantitative estimate of drug-likeness (QED) is 0.449. The number of nitrogens with one attached hydrogen (secondary N) is 1. The minimum atomic E-state index is -2.64. The van der Waals surface area contributed by atoms with Crippen LogP contribution in [0.5, 0.6) is 5.75 Å². The van der Waals surface area contributed by atoms with Crippen LogP contribution in [0.4, 0.5) is 15.8 Å². The van der Waals surface area contributed by atoms with Crippen molar-refractivity contribution >= 4 is 56.3 Å². The molecule has 0 spiro atoms. The number of thiazole rings is 1. The minimum Gasteiger partial charge on any atom is -0.485 e. The minimum absolute atomic E-state index is 0.0482. The van der Waals surface area contributed by atoms with Crippen LogP contribution in [0, 0.1) is 5.82 Å². The van der Waals surface area contributed by atoms with Gasteiger partial charge >= 0.3 is 0 Å². The Morgan fingerprint density at radius 3 is 2.77 bits per heavy atom. The summed E-state index contributed by atoms with van der Waals surface area (Å²) in [5.74, 6) is 0.157. The Bertz CT molecular complexity index is 1320. The van der Waals surface area contributed by atoms with Crippen LogP contribution in [0.25, 0.3) is 21.1 Å². The van der Waals surface area contributed by atoms with Gasteiger partial charge in [0, 0.05) is 23.3 Å². The highest BCUT2D eigenvalue weighted by molar-refractivity contribution is 7.70. The number of hydrogen-bond acceptors (Lipinski definition) is 7.